The molecule has 3 amide bonds. The van der Waals surface area contributed by atoms with E-state index in [-0.39, 0.29) is 21.2 Å². The topological polar surface area (TPSA) is 92.8 Å². The van der Waals surface area contributed by atoms with Gasteiger partial charge in [-0.3, -0.25) is 19.3 Å². The molecule has 156 valence electrons. The summed E-state index contributed by atoms with van der Waals surface area (Å²) >= 11 is 11.8. The van der Waals surface area contributed by atoms with Gasteiger partial charge < -0.3 is 10.1 Å². The summed E-state index contributed by atoms with van der Waals surface area (Å²) in [4.78, 5) is 50.0. The van der Waals surface area contributed by atoms with E-state index in [1.54, 1.807) is 0 Å². The van der Waals surface area contributed by atoms with E-state index in [2.05, 4.69) is 10.1 Å². The van der Waals surface area contributed by atoms with E-state index in [1.165, 1.54) is 19.1 Å². The second-order valence-electron chi connectivity index (χ2n) is 6.26. The Morgan fingerprint density at radius 2 is 1.53 bits per heavy atom. The maximum atomic E-state index is 14.1. The summed E-state index contributed by atoms with van der Waals surface area (Å²) < 4.78 is 32.2. The molecule has 0 saturated heterocycles. The number of benzene rings is 2. The molecule has 0 saturated carbocycles. The smallest absolute Gasteiger partial charge is 0.340 e. The monoisotopic (exact) mass is 456 g/mol. The van der Waals surface area contributed by atoms with Gasteiger partial charge in [0.05, 0.1) is 39.5 Å². The summed E-state index contributed by atoms with van der Waals surface area (Å²) in [6, 6.07) is 2.21. The summed E-state index contributed by atoms with van der Waals surface area (Å²) in [7, 11) is 1.01. The molecule has 1 heterocycles. The van der Waals surface area contributed by atoms with Crippen molar-refractivity contribution in [2.24, 2.45) is 0 Å². The average molecular weight is 457 g/mol. The van der Waals surface area contributed by atoms with Gasteiger partial charge in [-0.05, 0) is 25.1 Å². The van der Waals surface area contributed by atoms with E-state index < -0.39 is 52.6 Å². The molecule has 0 radical (unpaired) electrons. The van der Waals surface area contributed by atoms with Gasteiger partial charge in [0.25, 0.3) is 11.8 Å². The molecule has 1 aliphatic rings. The summed E-state index contributed by atoms with van der Waals surface area (Å²) in [5.41, 5.74) is -1.20. The first-order valence-electron chi connectivity index (χ1n) is 8.32. The minimum atomic E-state index is -1.37. The molecule has 1 atom stereocenters. The molecule has 2 aromatic rings. The number of imide groups is 1. The molecular weight excluding hydrogens is 445 g/mol. The molecular formula is C19H12Cl2F2N2O5. The molecule has 7 nitrogen and oxygen atoms in total. The number of carbonyl (C=O) groups is 4. The predicted octanol–water partition coefficient (Wildman–Crippen LogP) is 3.68. The first-order valence-corrected chi connectivity index (χ1v) is 9.07. The third-order valence-electron chi connectivity index (χ3n) is 4.45. The number of methoxy groups -OCH3 is 1. The fraction of sp³-hybridized carbons (Fsp3) is 0.158. The molecule has 1 N–H and O–H groups in total. The lowest BCUT2D eigenvalue weighted by Gasteiger charge is -2.22. The van der Waals surface area contributed by atoms with Gasteiger partial charge in [-0.2, -0.15) is 0 Å². The van der Waals surface area contributed by atoms with Crippen molar-refractivity contribution in [1.82, 2.24) is 4.90 Å². The molecule has 0 fully saturated rings. The van der Waals surface area contributed by atoms with Gasteiger partial charge >= 0.3 is 5.97 Å². The number of anilines is 1. The number of fused-ring (bicyclic) bond motifs is 1. The number of halogens is 4. The van der Waals surface area contributed by atoms with Crippen LogP contribution in [0.1, 0.15) is 38.0 Å². The quantitative estimate of drug-likeness (QED) is 0.559. The fourth-order valence-corrected chi connectivity index (χ4v) is 3.20. The Morgan fingerprint density at radius 3 is 2.03 bits per heavy atom. The minimum Gasteiger partial charge on any atom is -0.465 e. The third kappa shape index (κ3) is 3.61. The number of hydrogen-bond donors (Lipinski definition) is 1. The van der Waals surface area contributed by atoms with Crippen molar-refractivity contribution >= 4 is 52.6 Å². The lowest BCUT2D eigenvalue weighted by atomic mass is 10.1. The van der Waals surface area contributed by atoms with Crippen LogP contribution < -0.4 is 5.32 Å². The number of nitrogens with zero attached hydrogens (tertiary/aromatic N) is 1. The number of esters is 1. The molecule has 0 aliphatic carbocycles. The Kier molecular flexibility index (Phi) is 5.78. The standard InChI is InChI=1S/C19H12Cl2F2N2O5/c1-7(25-17(27)8-3-11(20)12(21)4-9(8)18(25)28)16(26)24-15-5-10(19(29)30-2)13(22)6-14(15)23/h3-7H,1-2H3,(H,24,26). The zero-order chi connectivity index (χ0) is 22.3. The normalized spacial score (nSPS) is 13.9. The largest absolute Gasteiger partial charge is 0.465 e. The van der Waals surface area contributed by atoms with E-state index in [4.69, 9.17) is 23.2 Å². The Bertz CT molecular complexity index is 1080. The number of hydrogen-bond acceptors (Lipinski definition) is 5. The van der Waals surface area contributed by atoms with E-state index in [0.29, 0.717) is 11.0 Å². The van der Waals surface area contributed by atoms with E-state index >= 15 is 0 Å². The van der Waals surface area contributed by atoms with Crippen molar-refractivity contribution in [2.75, 3.05) is 12.4 Å². The van der Waals surface area contributed by atoms with E-state index in [1.807, 2.05) is 0 Å². The molecule has 30 heavy (non-hydrogen) atoms. The highest BCUT2D eigenvalue weighted by Crippen LogP contribution is 2.32. The van der Waals surface area contributed by atoms with E-state index in [0.717, 1.165) is 13.2 Å². The van der Waals surface area contributed by atoms with Gasteiger partial charge in [-0.15, -0.1) is 0 Å². The van der Waals surface area contributed by atoms with Crippen molar-refractivity contribution in [3.63, 3.8) is 0 Å². The molecule has 1 unspecified atom stereocenters. The molecule has 11 heteroatoms. The highest BCUT2D eigenvalue weighted by molar-refractivity contribution is 6.43. The zero-order valence-corrected chi connectivity index (χ0v) is 16.9. The van der Waals surface area contributed by atoms with Crippen molar-refractivity contribution < 1.29 is 32.7 Å². The number of nitrogens with one attached hydrogen (secondary N) is 1. The highest BCUT2D eigenvalue weighted by Gasteiger charge is 2.41. The Labute approximate surface area is 178 Å². The predicted molar refractivity (Wildman–Crippen MR) is 103 cm³/mol. The van der Waals surface area contributed by atoms with Crippen LogP contribution in [-0.4, -0.2) is 41.7 Å². The van der Waals surface area contributed by atoms with Crippen molar-refractivity contribution in [3.8, 4) is 0 Å². The summed E-state index contributed by atoms with van der Waals surface area (Å²) in [6.07, 6.45) is 0. The Hall–Kier alpha value is -3.04. The molecule has 1 aliphatic heterocycles. The van der Waals surface area contributed by atoms with Crippen LogP contribution >= 0.6 is 23.2 Å². The molecule has 0 bridgehead atoms. The van der Waals surface area contributed by atoms with Crippen LogP contribution in [0.15, 0.2) is 24.3 Å². The Balaban J connectivity index is 1.88. The molecule has 3 rings (SSSR count). The van der Waals surface area contributed by atoms with Gasteiger partial charge in [-0.25, -0.2) is 13.6 Å². The fourth-order valence-electron chi connectivity index (χ4n) is 2.87. The Morgan fingerprint density at radius 1 is 1.00 bits per heavy atom. The lowest BCUT2D eigenvalue weighted by molar-refractivity contribution is -0.119. The number of carbonyl (C=O) groups excluding carboxylic acids is 4. The second kappa shape index (κ2) is 8.00. The van der Waals surface area contributed by atoms with Crippen LogP contribution in [-0.2, 0) is 9.53 Å². The molecule has 0 spiro atoms. The summed E-state index contributed by atoms with van der Waals surface area (Å²) in [5.74, 6) is -5.95. The maximum absolute atomic E-state index is 14.1. The van der Waals surface area contributed by atoms with Crippen molar-refractivity contribution in [1.29, 1.82) is 0 Å². The van der Waals surface area contributed by atoms with Gasteiger partial charge in [0.2, 0.25) is 5.91 Å². The number of ether oxygens (including phenoxy) is 1. The minimum absolute atomic E-state index is 0.0324. The van der Waals surface area contributed by atoms with Crippen LogP contribution in [0, 0.1) is 11.6 Å². The first-order chi connectivity index (χ1) is 14.1. The number of rotatable bonds is 4. The van der Waals surface area contributed by atoms with Crippen LogP contribution in [0.25, 0.3) is 0 Å². The van der Waals surface area contributed by atoms with Gasteiger partial charge in [0.15, 0.2) is 0 Å². The third-order valence-corrected chi connectivity index (χ3v) is 5.17. The van der Waals surface area contributed by atoms with Crippen LogP contribution in [0.3, 0.4) is 0 Å². The SMILES string of the molecule is COC(=O)c1cc(NC(=O)C(C)N2C(=O)c3cc(Cl)c(Cl)cc3C2=O)c(F)cc1F. The molecule has 0 aromatic heterocycles. The van der Waals surface area contributed by atoms with Crippen LogP contribution in [0.5, 0.6) is 0 Å². The van der Waals surface area contributed by atoms with Gasteiger partial charge in [0.1, 0.15) is 17.7 Å². The lowest BCUT2D eigenvalue weighted by Crippen LogP contribution is -2.45. The van der Waals surface area contributed by atoms with Gasteiger partial charge in [0, 0.05) is 6.07 Å². The van der Waals surface area contributed by atoms with Crippen LogP contribution in [0.4, 0.5) is 14.5 Å². The van der Waals surface area contributed by atoms with E-state index in [9.17, 15) is 28.0 Å². The van der Waals surface area contributed by atoms with Crippen molar-refractivity contribution in [3.05, 3.63) is 62.6 Å². The second-order valence-corrected chi connectivity index (χ2v) is 7.08. The maximum Gasteiger partial charge on any atom is 0.340 e. The zero-order valence-electron chi connectivity index (χ0n) is 15.4. The summed E-state index contributed by atoms with van der Waals surface area (Å²) in [5, 5.41) is 2.25. The van der Waals surface area contributed by atoms with Crippen LogP contribution in [0.2, 0.25) is 10.0 Å². The first kappa shape index (κ1) is 21.7. The van der Waals surface area contributed by atoms with Gasteiger partial charge in [-0.1, -0.05) is 23.2 Å². The average Bonchev–Trinajstić information content (AvgIpc) is 2.93. The number of amides is 3. The highest BCUT2D eigenvalue weighted by atomic mass is 35.5. The van der Waals surface area contributed by atoms with Crippen molar-refractivity contribution in [2.45, 2.75) is 13.0 Å². The molecule has 2 aromatic carbocycles. The summed E-state index contributed by atoms with van der Waals surface area (Å²) in [6.45, 7) is 1.24.